The van der Waals surface area contributed by atoms with Gasteiger partial charge in [0.25, 0.3) is 11.9 Å². The van der Waals surface area contributed by atoms with Gasteiger partial charge in [0, 0.05) is 44.0 Å². The summed E-state index contributed by atoms with van der Waals surface area (Å²) in [5.74, 6) is 0.273. The number of benzene rings is 1. The van der Waals surface area contributed by atoms with E-state index in [2.05, 4.69) is 20.0 Å². The molecular formula is C26H31FN6O2. The first-order valence-electron chi connectivity index (χ1n) is 12.3. The molecule has 0 radical (unpaired) electrons. The Hall–Kier alpha value is -3.17. The van der Waals surface area contributed by atoms with Crippen molar-refractivity contribution >= 4 is 5.91 Å². The molecular weight excluding hydrogens is 447 g/mol. The molecule has 35 heavy (non-hydrogen) atoms. The highest BCUT2D eigenvalue weighted by molar-refractivity contribution is 5.95. The Kier molecular flexibility index (Phi) is 6.88. The van der Waals surface area contributed by atoms with E-state index in [9.17, 15) is 14.3 Å². The van der Waals surface area contributed by atoms with Crippen LogP contribution in [-0.2, 0) is 0 Å². The van der Waals surface area contributed by atoms with Gasteiger partial charge >= 0.3 is 0 Å². The first kappa shape index (κ1) is 23.6. The van der Waals surface area contributed by atoms with Crippen LogP contribution < -0.4 is 0 Å². The topological polar surface area (TPSA) is 87.4 Å². The third-order valence-corrected chi connectivity index (χ3v) is 7.30. The summed E-state index contributed by atoms with van der Waals surface area (Å²) in [6.07, 6.45) is 7.23. The van der Waals surface area contributed by atoms with E-state index in [0.29, 0.717) is 53.5 Å². The number of aliphatic hydroxyl groups excluding tert-OH is 1. The molecule has 9 heteroatoms. The van der Waals surface area contributed by atoms with E-state index in [-0.39, 0.29) is 18.3 Å². The summed E-state index contributed by atoms with van der Waals surface area (Å²) in [4.78, 5) is 26.5. The Morgan fingerprint density at radius 2 is 1.94 bits per heavy atom. The van der Waals surface area contributed by atoms with Crippen molar-refractivity contribution in [1.82, 2.24) is 29.5 Å². The lowest BCUT2D eigenvalue weighted by molar-refractivity contribution is 0.0454. The van der Waals surface area contributed by atoms with Gasteiger partial charge in [-0.3, -0.25) is 9.69 Å². The van der Waals surface area contributed by atoms with Gasteiger partial charge in [-0.05, 0) is 63.3 Å². The predicted octanol–water partition coefficient (Wildman–Crippen LogP) is 3.09. The first-order chi connectivity index (χ1) is 17.0. The standard InChI is InChI=1S/C26H31FN6O2/c1-18-22(25(35)31-13-9-20(10-14-31)32-12-4-5-19(16-32)17-34)15-29-33(18)26-28-11-8-24(30-26)21-6-2-3-7-23(21)27/h2-3,6-8,11,15,19-20,34H,4-5,9-10,12-14,16-17H2,1H3/t19-/m1/s1. The van der Waals surface area contributed by atoms with Crippen LogP contribution in [0.5, 0.6) is 0 Å². The number of piperidine rings is 2. The molecule has 1 atom stereocenters. The van der Waals surface area contributed by atoms with Crippen LogP contribution in [0.15, 0.2) is 42.7 Å². The summed E-state index contributed by atoms with van der Waals surface area (Å²) >= 11 is 0. The van der Waals surface area contributed by atoms with E-state index in [1.54, 1.807) is 36.7 Å². The third kappa shape index (κ3) is 4.83. The highest BCUT2D eigenvalue weighted by Crippen LogP contribution is 2.25. The molecule has 1 amide bonds. The summed E-state index contributed by atoms with van der Waals surface area (Å²) in [5, 5.41) is 13.9. The van der Waals surface area contributed by atoms with Gasteiger partial charge in [-0.25, -0.2) is 19.0 Å². The smallest absolute Gasteiger partial charge is 0.257 e. The molecule has 4 heterocycles. The van der Waals surface area contributed by atoms with Crippen molar-refractivity contribution in [3.05, 3.63) is 59.8 Å². The molecule has 1 N–H and O–H groups in total. The van der Waals surface area contributed by atoms with Gasteiger partial charge in [0.2, 0.25) is 0 Å². The Balaban J connectivity index is 1.28. The lowest BCUT2D eigenvalue weighted by Crippen LogP contribution is -2.50. The molecule has 2 aliphatic rings. The second kappa shape index (κ2) is 10.2. The minimum Gasteiger partial charge on any atom is -0.396 e. The maximum atomic E-state index is 14.2. The minimum atomic E-state index is -0.356. The Labute approximate surface area is 204 Å². The van der Waals surface area contributed by atoms with Gasteiger partial charge < -0.3 is 10.0 Å². The van der Waals surface area contributed by atoms with Crippen molar-refractivity contribution in [2.45, 2.75) is 38.6 Å². The number of hydrogen-bond acceptors (Lipinski definition) is 6. The molecule has 1 aromatic carbocycles. The molecule has 5 rings (SSSR count). The molecule has 2 aromatic heterocycles. The van der Waals surface area contributed by atoms with Gasteiger partial charge in [0.15, 0.2) is 0 Å². The molecule has 2 fully saturated rings. The van der Waals surface area contributed by atoms with Crippen molar-refractivity contribution < 1.29 is 14.3 Å². The van der Waals surface area contributed by atoms with Crippen LogP contribution in [0.1, 0.15) is 41.7 Å². The van der Waals surface area contributed by atoms with Crippen LogP contribution in [0, 0.1) is 18.7 Å². The second-order valence-electron chi connectivity index (χ2n) is 9.49. The van der Waals surface area contributed by atoms with E-state index < -0.39 is 0 Å². The molecule has 0 aliphatic carbocycles. The highest BCUT2D eigenvalue weighted by atomic mass is 19.1. The maximum absolute atomic E-state index is 14.2. The molecule has 2 saturated heterocycles. The second-order valence-corrected chi connectivity index (χ2v) is 9.49. The highest BCUT2D eigenvalue weighted by Gasteiger charge is 2.31. The zero-order chi connectivity index (χ0) is 24.4. The molecule has 0 bridgehead atoms. The Bertz CT molecular complexity index is 1190. The van der Waals surface area contributed by atoms with Crippen LogP contribution in [0.25, 0.3) is 17.2 Å². The summed E-state index contributed by atoms with van der Waals surface area (Å²) in [6.45, 7) is 5.51. The number of aliphatic hydroxyl groups is 1. The van der Waals surface area contributed by atoms with Gasteiger partial charge in [-0.15, -0.1) is 0 Å². The quantitative estimate of drug-likeness (QED) is 0.607. The number of halogens is 1. The first-order valence-corrected chi connectivity index (χ1v) is 12.3. The van der Waals surface area contributed by atoms with Gasteiger partial charge in [-0.1, -0.05) is 12.1 Å². The molecule has 0 unspecified atom stereocenters. The fourth-order valence-electron chi connectivity index (χ4n) is 5.27. The van der Waals surface area contributed by atoms with Crippen molar-refractivity contribution in [1.29, 1.82) is 0 Å². The lowest BCUT2D eigenvalue weighted by Gasteiger charge is -2.42. The molecule has 2 aliphatic heterocycles. The summed E-state index contributed by atoms with van der Waals surface area (Å²) in [5.41, 5.74) is 2.03. The van der Waals surface area contributed by atoms with Crippen molar-refractivity contribution in [3.63, 3.8) is 0 Å². The normalized spacial score (nSPS) is 19.7. The van der Waals surface area contributed by atoms with Gasteiger partial charge in [0.1, 0.15) is 5.82 Å². The van der Waals surface area contributed by atoms with Crippen molar-refractivity contribution in [3.8, 4) is 17.2 Å². The van der Waals surface area contributed by atoms with Gasteiger partial charge in [-0.2, -0.15) is 5.10 Å². The van der Waals surface area contributed by atoms with E-state index in [4.69, 9.17) is 0 Å². The Morgan fingerprint density at radius 1 is 1.14 bits per heavy atom. The average Bonchev–Trinajstić information content (AvgIpc) is 3.30. The SMILES string of the molecule is Cc1c(C(=O)N2CCC(N3CCC[C@@H](CO)C3)CC2)cnn1-c1nccc(-c2ccccc2F)n1. The third-order valence-electron chi connectivity index (χ3n) is 7.30. The molecule has 0 spiro atoms. The van der Waals surface area contributed by atoms with E-state index in [0.717, 1.165) is 38.8 Å². The summed E-state index contributed by atoms with van der Waals surface area (Å²) in [7, 11) is 0. The number of rotatable bonds is 5. The van der Waals surface area contributed by atoms with Crippen LogP contribution >= 0.6 is 0 Å². The number of aromatic nitrogens is 4. The average molecular weight is 479 g/mol. The molecule has 8 nitrogen and oxygen atoms in total. The van der Waals surface area contributed by atoms with Crippen LogP contribution in [0.2, 0.25) is 0 Å². The minimum absolute atomic E-state index is 0.0377. The number of likely N-dealkylation sites (tertiary alicyclic amines) is 2. The summed E-state index contributed by atoms with van der Waals surface area (Å²) in [6, 6.07) is 8.58. The molecule has 3 aromatic rings. The number of amides is 1. The van der Waals surface area contributed by atoms with Crippen molar-refractivity contribution in [2.75, 3.05) is 32.8 Å². The predicted molar refractivity (Wildman–Crippen MR) is 130 cm³/mol. The molecule has 184 valence electrons. The maximum Gasteiger partial charge on any atom is 0.257 e. The number of carbonyl (C=O) groups excluding carboxylic acids is 1. The Morgan fingerprint density at radius 3 is 2.71 bits per heavy atom. The molecule has 0 saturated carbocycles. The number of nitrogens with zero attached hydrogens (tertiary/aromatic N) is 6. The number of carbonyl (C=O) groups is 1. The monoisotopic (exact) mass is 478 g/mol. The van der Waals surface area contributed by atoms with E-state index in [1.807, 2.05) is 11.8 Å². The van der Waals surface area contributed by atoms with Crippen LogP contribution in [0.3, 0.4) is 0 Å². The zero-order valence-corrected chi connectivity index (χ0v) is 20.0. The van der Waals surface area contributed by atoms with Crippen LogP contribution in [0.4, 0.5) is 4.39 Å². The van der Waals surface area contributed by atoms with Crippen molar-refractivity contribution in [2.24, 2.45) is 5.92 Å². The zero-order valence-electron chi connectivity index (χ0n) is 20.0. The summed E-state index contributed by atoms with van der Waals surface area (Å²) < 4.78 is 15.8. The largest absolute Gasteiger partial charge is 0.396 e. The fraction of sp³-hybridized carbons (Fsp3) is 0.462. The number of hydrogen-bond donors (Lipinski definition) is 1. The van der Waals surface area contributed by atoms with Crippen LogP contribution in [-0.4, -0.2) is 79.4 Å². The lowest BCUT2D eigenvalue weighted by atomic mass is 9.94. The van der Waals surface area contributed by atoms with E-state index >= 15 is 0 Å². The fourth-order valence-corrected chi connectivity index (χ4v) is 5.27. The van der Waals surface area contributed by atoms with Gasteiger partial charge in [0.05, 0.1) is 23.1 Å². The van der Waals surface area contributed by atoms with E-state index in [1.165, 1.54) is 10.7 Å².